The molecule has 3 amide bonds. The van der Waals surface area contributed by atoms with Gasteiger partial charge in [0.15, 0.2) is 0 Å². The number of ether oxygens (including phenoxy) is 1. The molecule has 0 unspecified atom stereocenters. The Morgan fingerprint density at radius 1 is 1.23 bits per heavy atom. The van der Waals surface area contributed by atoms with Crippen LogP contribution in [0.2, 0.25) is 4.34 Å². The molecular weight excluding hydrogens is 502 g/mol. The third kappa shape index (κ3) is 6.75. The molecule has 0 spiro atoms. The molecule has 0 radical (unpaired) electrons. The van der Waals surface area contributed by atoms with Crippen LogP contribution in [-0.4, -0.2) is 68.1 Å². The largest absolute Gasteiger partial charge is 0.370 e. The first-order valence-corrected chi connectivity index (χ1v) is 12.3. The lowest BCUT2D eigenvalue weighted by Gasteiger charge is -2.30. The van der Waals surface area contributed by atoms with Crippen molar-refractivity contribution in [1.29, 1.82) is 0 Å². The quantitative estimate of drug-likeness (QED) is 0.490. The monoisotopic (exact) mass is 528 g/mol. The summed E-state index contributed by atoms with van der Waals surface area (Å²) in [6.45, 7) is 5.18. The predicted molar refractivity (Wildman–Crippen MR) is 132 cm³/mol. The fourth-order valence-corrected chi connectivity index (χ4v) is 4.74. The first-order valence-electron chi connectivity index (χ1n) is 11.1. The average molecular weight is 529 g/mol. The van der Waals surface area contributed by atoms with E-state index < -0.39 is 23.9 Å². The van der Waals surface area contributed by atoms with Crippen LogP contribution in [0.3, 0.4) is 0 Å². The van der Waals surface area contributed by atoms with Crippen molar-refractivity contribution in [2.45, 2.75) is 26.3 Å². The second-order valence-corrected chi connectivity index (χ2v) is 9.43. The van der Waals surface area contributed by atoms with E-state index in [-0.39, 0.29) is 37.2 Å². The van der Waals surface area contributed by atoms with Gasteiger partial charge in [-0.3, -0.25) is 19.3 Å². The van der Waals surface area contributed by atoms with Gasteiger partial charge < -0.3 is 20.3 Å². The van der Waals surface area contributed by atoms with Gasteiger partial charge in [-0.1, -0.05) is 25.4 Å². The summed E-state index contributed by atoms with van der Waals surface area (Å²) in [5.74, 6) is -1.23. The molecule has 0 saturated carbocycles. The zero-order valence-corrected chi connectivity index (χ0v) is 20.9. The summed E-state index contributed by atoms with van der Waals surface area (Å²) in [5, 5.41) is 5.32. The number of likely N-dealkylation sites (N-methyl/N-ethyl adjacent to an activating group) is 1. The molecule has 1 aliphatic heterocycles. The van der Waals surface area contributed by atoms with Crippen LogP contribution in [0.4, 0.5) is 20.2 Å². The van der Waals surface area contributed by atoms with Crippen LogP contribution in [0.15, 0.2) is 30.3 Å². The minimum atomic E-state index is -2.88. The van der Waals surface area contributed by atoms with Crippen LogP contribution in [0.5, 0.6) is 0 Å². The highest BCUT2D eigenvalue weighted by Crippen LogP contribution is 2.32. The zero-order chi connectivity index (χ0) is 25.5. The molecule has 1 aromatic carbocycles. The molecule has 3 rings (SSSR count). The van der Waals surface area contributed by atoms with Crippen LogP contribution >= 0.6 is 22.9 Å². The van der Waals surface area contributed by atoms with Crippen LogP contribution in [0, 0.1) is 0 Å². The lowest BCUT2D eigenvalue weighted by molar-refractivity contribution is -0.125. The number of anilines is 2. The Hall–Kier alpha value is -2.60. The predicted octanol–water partition coefficient (Wildman–Crippen LogP) is 3.78. The van der Waals surface area contributed by atoms with Crippen molar-refractivity contribution >= 4 is 52.0 Å². The smallest absolute Gasteiger partial charge is 0.265 e. The second kappa shape index (κ2) is 12.4. The molecule has 12 heteroatoms. The highest BCUT2D eigenvalue weighted by atomic mass is 35.5. The van der Waals surface area contributed by atoms with E-state index in [9.17, 15) is 23.2 Å². The van der Waals surface area contributed by atoms with Gasteiger partial charge in [0.05, 0.1) is 15.8 Å². The van der Waals surface area contributed by atoms with Crippen LogP contribution in [0.1, 0.15) is 35.5 Å². The number of benzene rings is 1. The number of morpholine rings is 1. The maximum Gasteiger partial charge on any atom is 0.265 e. The Bertz CT molecular complexity index is 1060. The molecule has 0 aliphatic carbocycles. The summed E-state index contributed by atoms with van der Waals surface area (Å²) >= 11 is 7.01. The highest BCUT2D eigenvalue weighted by Gasteiger charge is 2.28. The van der Waals surface area contributed by atoms with Gasteiger partial charge >= 0.3 is 0 Å². The number of alkyl halides is 2. The van der Waals surface area contributed by atoms with Gasteiger partial charge in [-0.05, 0) is 43.4 Å². The molecule has 2 N–H and O–H groups in total. The molecule has 1 atom stereocenters. The fraction of sp³-hybridized carbons (Fsp3) is 0.435. The number of carbonyl (C=O) groups is 3. The molecule has 190 valence electrons. The Morgan fingerprint density at radius 2 is 1.97 bits per heavy atom. The summed E-state index contributed by atoms with van der Waals surface area (Å²) in [4.78, 5) is 41.3. The Labute approximate surface area is 211 Å². The van der Waals surface area contributed by atoms with Gasteiger partial charge in [0.2, 0.25) is 5.91 Å². The Kier molecular flexibility index (Phi) is 9.55. The third-order valence-electron chi connectivity index (χ3n) is 5.63. The topological polar surface area (TPSA) is 91.0 Å². The van der Waals surface area contributed by atoms with Crippen LogP contribution in [-0.2, 0) is 14.3 Å². The molecule has 0 bridgehead atoms. The summed E-state index contributed by atoms with van der Waals surface area (Å²) < 4.78 is 33.4. The van der Waals surface area contributed by atoms with Gasteiger partial charge in [0, 0.05) is 30.0 Å². The molecule has 8 nitrogen and oxygen atoms in total. The first kappa shape index (κ1) is 27.0. The van der Waals surface area contributed by atoms with E-state index in [1.807, 2.05) is 18.7 Å². The molecule has 2 aromatic rings. The molecule has 1 fully saturated rings. The number of hydrogen-bond donors (Lipinski definition) is 2. The second-order valence-electron chi connectivity index (χ2n) is 7.71. The SMILES string of the molecule is CCN(CC)[C@H](CNC(=O)c1ccc(Cl)s1)C(=O)Nc1ccc(N2CCOCC2=O)cc1C(F)F. The molecular formula is C23H27ClF2N4O4S. The van der Waals surface area contributed by atoms with Crippen molar-refractivity contribution in [2.24, 2.45) is 0 Å². The fourth-order valence-electron chi connectivity index (χ4n) is 3.78. The Balaban J connectivity index is 1.78. The minimum absolute atomic E-state index is 0.0216. The van der Waals surface area contributed by atoms with E-state index in [4.69, 9.17) is 16.3 Å². The van der Waals surface area contributed by atoms with Crippen LogP contribution in [0.25, 0.3) is 0 Å². The number of carbonyl (C=O) groups excluding carboxylic acids is 3. The summed E-state index contributed by atoms with van der Waals surface area (Å²) in [7, 11) is 0. The number of halogens is 3. The third-order valence-corrected chi connectivity index (χ3v) is 6.86. The van der Waals surface area contributed by atoms with E-state index in [2.05, 4.69) is 10.6 Å². The number of rotatable bonds is 10. The highest BCUT2D eigenvalue weighted by molar-refractivity contribution is 7.18. The Morgan fingerprint density at radius 3 is 2.57 bits per heavy atom. The normalized spacial score (nSPS) is 14.9. The number of nitrogens with zero attached hydrogens (tertiary/aromatic N) is 2. The van der Waals surface area contributed by atoms with Crippen molar-refractivity contribution in [3.63, 3.8) is 0 Å². The lowest BCUT2D eigenvalue weighted by atomic mass is 10.1. The van der Waals surface area contributed by atoms with E-state index in [0.717, 1.165) is 11.3 Å². The van der Waals surface area contributed by atoms with E-state index in [0.29, 0.717) is 34.6 Å². The molecule has 2 heterocycles. The molecule has 1 saturated heterocycles. The van der Waals surface area contributed by atoms with Crippen LogP contribution < -0.4 is 15.5 Å². The molecule has 1 aliphatic rings. The number of nitrogens with one attached hydrogen (secondary N) is 2. The summed E-state index contributed by atoms with van der Waals surface area (Å²) in [6, 6.07) is 6.48. The molecule has 1 aromatic heterocycles. The standard InChI is InChI=1S/C23H27ClF2N4O4S/c1-3-29(4-2)17(12-27-23(33)18-7-8-19(24)35-18)22(32)28-16-6-5-14(11-15(16)21(25)26)30-9-10-34-13-20(30)31/h5-8,11,17,21H,3-4,9-10,12-13H2,1-2H3,(H,27,33)(H,28,32)/t17-/m1/s1. The number of hydrogen-bond acceptors (Lipinski definition) is 6. The van der Waals surface area contributed by atoms with Gasteiger partial charge in [0.25, 0.3) is 18.2 Å². The number of amides is 3. The number of thiophene rings is 1. The summed E-state index contributed by atoms with van der Waals surface area (Å²) in [5.41, 5.74) is -0.137. The van der Waals surface area contributed by atoms with Crippen molar-refractivity contribution in [3.05, 3.63) is 45.1 Å². The van der Waals surface area contributed by atoms with E-state index in [1.54, 1.807) is 12.1 Å². The van der Waals surface area contributed by atoms with Crippen molar-refractivity contribution in [2.75, 3.05) is 49.6 Å². The van der Waals surface area contributed by atoms with E-state index >= 15 is 0 Å². The first-order chi connectivity index (χ1) is 16.7. The zero-order valence-electron chi connectivity index (χ0n) is 19.4. The maximum atomic E-state index is 13.9. The lowest BCUT2D eigenvalue weighted by Crippen LogP contribution is -2.50. The van der Waals surface area contributed by atoms with Gasteiger partial charge in [0.1, 0.15) is 12.6 Å². The van der Waals surface area contributed by atoms with Gasteiger partial charge in [-0.25, -0.2) is 8.78 Å². The van der Waals surface area contributed by atoms with Crippen molar-refractivity contribution in [3.8, 4) is 0 Å². The van der Waals surface area contributed by atoms with Gasteiger partial charge in [-0.15, -0.1) is 11.3 Å². The molecule has 35 heavy (non-hydrogen) atoms. The maximum absolute atomic E-state index is 13.9. The summed E-state index contributed by atoms with van der Waals surface area (Å²) in [6.07, 6.45) is -2.88. The van der Waals surface area contributed by atoms with Crippen molar-refractivity contribution in [1.82, 2.24) is 10.2 Å². The van der Waals surface area contributed by atoms with Gasteiger partial charge in [-0.2, -0.15) is 0 Å². The minimum Gasteiger partial charge on any atom is -0.370 e. The van der Waals surface area contributed by atoms with Crippen molar-refractivity contribution < 1.29 is 27.9 Å². The van der Waals surface area contributed by atoms with E-state index in [1.165, 1.54) is 23.1 Å². The average Bonchev–Trinajstić information content (AvgIpc) is 3.28.